The van der Waals surface area contributed by atoms with E-state index in [0.717, 1.165) is 18.2 Å². The molecule has 1 aliphatic rings. The number of benzene rings is 2. The first-order valence-electron chi connectivity index (χ1n) is 8.30. The van der Waals surface area contributed by atoms with Gasteiger partial charge in [-0.25, -0.2) is 13.7 Å². The average Bonchev–Trinajstić information content (AvgIpc) is 2.85. The van der Waals surface area contributed by atoms with Crippen molar-refractivity contribution in [1.29, 1.82) is 0 Å². The van der Waals surface area contributed by atoms with Crippen LogP contribution in [0.5, 0.6) is 5.75 Å². The zero-order valence-corrected chi connectivity index (χ0v) is 14.7. The number of nitrogens with zero attached hydrogens (tertiary/aromatic N) is 1. The fraction of sp³-hybridized carbons (Fsp3) is 0.200. The van der Waals surface area contributed by atoms with E-state index in [2.05, 4.69) is 0 Å². The Hall–Kier alpha value is -3.22. The second-order valence-corrected chi connectivity index (χ2v) is 6.49. The van der Waals surface area contributed by atoms with Gasteiger partial charge in [0.2, 0.25) is 0 Å². The summed E-state index contributed by atoms with van der Waals surface area (Å²) in [5.74, 6) is -3.73. The zero-order valence-electron chi connectivity index (χ0n) is 14.7. The van der Waals surface area contributed by atoms with Crippen LogP contribution in [-0.4, -0.2) is 23.5 Å². The Bertz CT molecular complexity index is 935. The van der Waals surface area contributed by atoms with Gasteiger partial charge < -0.3 is 9.84 Å². The van der Waals surface area contributed by atoms with E-state index < -0.39 is 34.9 Å². The van der Waals surface area contributed by atoms with E-state index in [1.807, 2.05) is 13.8 Å². The summed E-state index contributed by atoms with van der Waals surface area (Å²) in [5, 5.41) is 10.1. The number of aliphatic hydroxyl groups excluding tert-OH is 1. The summed E-state index contributed by atoms with van der Waals surface area (Å²) >= 11 is 0. The third kappa shape index (κ3) is 3.53. The van der Waals surface area contributed by atoms with Gasteiger partial charge in [-0.15, -0.1) is 0 Å². The van der Waals surface area contributed by atoms with Gasteiger partial charge in [0, 0.05) is 6.07 Å². The molecular weight excluding hydrogens is 356 g/mol. The van der Waals surface area contributed by atoms with Gasteiger partial charge in [0.05, 0.1) is 17.9 Å². The molecule has 1 heterocycles. The zero-order chi connectivity index (χ0) is 19.7. The van der Waals surface area contributed by atoms with Gasteiger partial charge in [0.1, 0.15) is 17.4 Å². The molecule has 0 radical (unpaired) electrons. The van der Waals surface area contributed by atoms with Gasteiger partial charge in [-0.2, -0.15) is 0 Å². The molecule has 0 aromatic heterocycles. The highest BCUT2D eigenvalue weighted by atomic mass is 19.1. The highest BCUT2D eigenvalue weighted by Crippen LogP contribution is 2.34. The van der Waals surface area contributed by atoms with Crippen LogP contribution < -0.4 is 9.64 Å². The van der Waals surface area contributed by atoms with E-state index in [0.29, 0.717) is 23.2 Å². The fourth-order valence-corrected chi connectivity index (χ4v) is 2.64. The summed E-state index contributed by atoms with van der Waals surface area (Å²) in [6, 6.07) is 8.62. The van der Waals surface area contributed by atoms with Crippen molar-refractivity contribution >= 4 is 23.1 Å². The number of ether oxygens (including phenoxy) is 1. The first kappa shape index (κ1) is 18.6. The molecule has 0 unspecified atom stereocenters. The first-order chi connectivity index (χ1) is 12.8. The number of carbonyl (C=O) groups excluding carboxylic acids is 2. The highest BCUT2D eigenvalue weighted by molar-refractivity contribution is 6.44. The van der Waals surface area contributed by atoms with Crippen molar-refractivity contribution in [2.75, 3.05) is 11.5 Å². The van der Waals surface area contributed by atoms with Gasteiger partial charge in [-0.3, -0.25) is 9.59 Å². The third-order valence-electron chi connectivity index (χ3n) is 3.93. The molecule has 0 saturated heterocycles. The van der Waals surface area contributed by atoms with Crippen LogP contribution in [0.4, 0.5) is 14.5 Å². The van der Waals surface area contributed by atoms with E-state index in [1.54, 1.807) is 12.1 Å². The molecule has 1 aliphatic heterocycles. The van der Waals surface area contributed by atoms with E-state index >= 15 is 0 Å². The Balaban J connectivity index is 1.91. The summed E-state index contributed by atoms with van der Waals surface area (Å²) in [6.07, 6.45) is 0. The minimum atomic E-state index is -1.11. The molecule has 0 saturated carbocycles. The van der Waals surface area contributed by atoms with Gasteiger partial charge >= 0.3 is 5.91 Å². The van der Waals surface area contributed by atoms with Crippen molar-refractivity contribution < 1.29 is 28.2 Å². The Morgan fingerprint density at radius 1 is 1.04 bits per heavy atom. The summed E-state index contributed by atoms with van der Waals surface area (Å²) in [6.45, 7) is 4.51. The van der Waals surface area contributed by atoms with Crippen LogP contribution in [0.2, 0.25) is 0 Å². The van der Waals surface area contributed by atoms with Crippen LogP contribution in [0, 0.1) is 17.6 Å². The molecule has 140 valence electrons. The van der Waals surface area contributed by atoms with Crippen LogP contribution in [0.25, 0.3) is 5.57 Å². The Kier molecular flexibility index (Phi) is 4.94. The van der Waals surface area contributed by atoms with E-state index in [9.17, 15) is 23.5 Å². The van der Waals surface area contributed by atoms with Crippen LogP contribution in [-0.2, 0) is 9.59 Å². The lowest BCUT2D eigenvalue weighted by atomic mass is 10.1. The minimum Gasteiger partial charge on any atom is -0.502 e. The maximum Gasteiger partial charge on any atom is 0.301 e. The number of halogens is 2. The standard InChI is InChI=1S/C20H17F2NO4/c1-11(2)10-27-14-6-3-12(4-7-14)17-18(24)20(26)23(19(17)25)16-9-13(21)5-8-15(16)22/h3-9,11,24H,10H2,1-2H3. The molecule has 1 N–H and O–H groups in total. The second kappa shape index (κ2) is 7.19. The SMILES string of the molecule is CC(C)COc1ccc(C2=C(O)C(=O)N(c3cc(F)ccc3F)C2=O)cc1. The molecule has 27 heavy (non-hydrogen) atoms. The number of amides is 2. The van der Waals surface area contributed by atoms with Crippen molar-refractivity contribution in [3.8, 4) is 5.75 Å². The normalized spacial score (nSPS) is 14.5. The Labute approximate surface area is 154 Å². The molecule has 2 aromatic carbocycles. The van der Waals surface area contributed by atoms with Crippen molar-refractivity contribution in [2.24, 2.45) is 5.92 Å². The fourth-order valence-electron chi connectivity index (χ4n) is 2.64. The number of aliphatic hydroxyl groups is 1. The molecule has 2 aromatic rings. The monoisotopic (exact) mass is 373 g/mol. The molecule has 0 aliphatic carbocycles. The third-order valence-corrected chi connectivity index (χ3v) is 3.93. The van der Waals surface area contributed by atoms with Crippen LogP contribution in [0.1, 0.15) is 19.4 Å². The summed E-state index contributed by atoms with van der Waals surface area (Å²) in [7, 11) is 0. The van der Waals surface area contributed by atoms with E-state index in [-0.39, 0.29) is 11.1 Å². The second-order valence-electron chi connectivity index (χ2n) is 6.49. The maximum atomic E-state index is 14.0. The summed E-state index contributed by atoms with van der Waals surface area (Å²) in [5.41, 5.74) is -0.565. The van der Waals surface area contributed by atoms with Crippen molar-refractivity contribution in [3.63, 3.8) is 0 Å². The quantitative estimate of drug-likeness (QED) is 0.809. The predicted octanol–water partition coefficient (Wildman–Crippen LogP) is 3.84. The molecule has 0 spiro atoms. The lowest BCUT2D eigenvalue weighted by Crippen LogP contribution is -2.32. The summed E-state index contributed by atoms with van der Waals surface area (Å²) < 4.78 is 33.0. The molecule has 3 rings (SSSR count). The minimum absolute atomic E-state index is 0.266. The lowest BCUT2D eigenvalue weighted by Gasteiger charge is -2.15. The number of carbonyl (C=O) groups is 2. The van der Waals surface area contributed by atoms with Crippen LogP contribution >= 0.6 is 0 Å². The number of rotatable bonds is 5. The lowest BCUT2D eigenvalue weighted by molar-refractivity contribution is -0.121. The molecule has 0 atom stereocenters. The first-order valence-corrected chi connectivity index (χ1v) is 8.30. The van der Waals surface area contributed by atoms with Gasteiger partial charge in [0.15, 0.2) is 5.76 Å². The smallest absolute Gasteiger partial charge is 0.301 e. The molecule has 2 amide bonds. The number of hydrogen-bond acceptors (Lipinski definition) is 4. The highest BCUT2D eigenvalue weighted by Gasteiger charge is 2.41. The molecule has 0 bridgehead atoms. The van der Waals surface area contributed by atoms with Gasteiger partial charge in [0.25, 0.3) is 5.91 Å². The Morgan fingerprint density at radius 2 is 1.70 bits per heavy atom. The van der Waals surface area contributed by atoms with E-state index in [1.165, 1.54) is 12.1 Å². The molecule has 5 nitrogen and oxygen atoms in total. The van der Waals surface area contributed by atoms with Crippen molar-refractivity contribution in [3.05, 3.63) is 65.4 Å². The number of anilines is 1. The largest absolute Gasteiger partial charge is 0.502 e. The Morgan fingerprint density at radius 3 is 2.33 bits per heavy atom. The van der Waals surface area contributed by atoms with Crippen LogP contribution in [0.15, 0.2) is 48.2 Å². The average molecular weight is 373 g/mol. The number of hydrogen-bond donors (Lipinski definition) is 1. The van der Waals surface area contributed by atoms with Crippen molar-refractivity contribution in [1.82, 2.24) is 0 Å². The topological polar surface area (TPSA) is 66.8 Å². The van der Waals surface area contributed by atoms with Crippen molar-refractivity contribution in [2.45, 2.75) is 13.8 Å². The predicted molar refractivity (Wildman–Crippen MR) is 95.2 cm³/mol. The summed E-state index contributed by atoms with van der Waals surface area (Å²) in [4.78, 5) is 25.4. The molecule has 7 heteroatoms. The number of imide groups is 1. The molecule has 0 fully saturated rings. The van der Waals surface area contributed by atoms with Crippen LogP contribution in [0.3, 0.4) is 0 Å². The maximum absolute atomic E-state index is 14.0. The van der Waals surface area contributed by atoms with Gasteiger partial charge in [-0.05, 0) is 35.7 Å². The van der Waals surface area contributed by atoms with E-state index in [4.69, 9.17) is 4.74 Å². The molecular formula is C20H17F2NO4. The van der Waals surface area contributed by atoms with Gasteiger partial charge in [-0.1, -0.05) is 26.0 Å².